The molecule has 1 amide bonds. The first-order valence-electron chi connectivity index (χ1n) is 10.3. The second-order valence-corrected chi connectivity index (χ2v) is 7.73. The van der Waals surface area contributed by atoms with Crippen molar-refractivity contribution in [2.24, 2.45) is 0 Å². The molecule has 0 fully saturated rings. The molecule has 0 saturated heterocycles. The van der Waals surface area contributed by atoms with Crippen LogP contribution in [0.4, 0.5) is 0 Å². The lowest BCUT2D eigenvalue weighted by molar-refractivity contribution is 0.0656. The Kier molecular flexibility index (Phi) is 4.70. The Hall–Kier alpha value is -3.67. The number of rotatable bonds is 4. The summed E-state index contributed by atoms with van der Waals surface area (Å²) >= 11 is 0. The molecule has 2 aromatic carbocycles. The maximum atomic E-state index is 13.6. The molecule has 0 unspecified atom stereocenters. The largest absolute Gasteiger partial charge is 0.493 e. The van der Waals surface area contributed by atoms with Crippen LogP contribution < -0.4 is 9.47 Å². The van der Waals surface area contributed by atoms with Crippen LogP contribution in [0, 0.1) is 6.92 Å². The van der Waals surface area contributed by atoms with Gasteiger partial charge in [-0.15, -0.1) is 0 Å². The number of hydrogen-bond acceptors (Lipinski definition) is 4. The maximum absolute atomic E-state index is 13.6. The zero-order valence-corrected chi connectivity index (χ0v) is 17.8. The fourth-order valence-corrected chi connectivity index (χ4v) is 4.63. The zero-order chi connectivity index (χ0) is 21.5. The number of ether oxygens (including phenoxy) is 2. The lowest BCUT2D eigenvalue weighted by atomic mass is 9.91. The van der Waals surface area contributed by atoms with E-state index in [0.29, 0.717) is 23.8 Å². The Balaban J connectivity index is 1.74. The summed E-state index contributed by atoms with van der Waals surface area (Å²) in [5.41, 5.74) is 4.97. The Morgan fingerprint density at radius 3 is 2.68 bits per heavy atom. The minimum Gasteiger partial charge on any atom is -0.493 e. The number of benzene rings is 2. The highest BCUT2D eigenvalue weighted by Crippen LogP contribution is 2.44. The molecule has 1 aliphatic rings. The molecule has 0 bridgehead atoms. The molecule has 4 aromatic rings. The first-order valence-corrected chi connectivity index (χ1v) is 10.3. The summed E-state index contributed by atoms with van der Waals surface area (Å²) in [5, 5.41) is 1.19. The van der Waals surface area contributed by atoms with Crippen molar-refractivity contribution < 1.29 is 18.7 Å². The van der Waals surface area contributed by atoms with Crippen molar-refractivity contribution in [3.05, 3.63) is 82.9 Å². The predicted molar refractivity (Wildman–Crippen MR) is 118 cm³/mol. The summed E-state index contributed by atoms with van der Waals surface area (Å²) in [6.07, 6.45) is 2.32. The fraction of sp³-hybridized carbons (Fsp3) is 0.240. The number of nitrogens with zero attached hydrogens (tertiary/aromatic N) is 1. The van der Waals surface area contributed by atoms with E-state index in [2.05, 4.69) is 17.1 Å². The van der Waals surface area contributed by atoms with Crippen molar-refractivity contribution in [1.82, 2.24) is 9.88 Å². The van der Waals surface area contributed by atoms with Gasteiger partial charge >= 0.3 is 0 Å². The smallest absolute Gasteiger partial charge is 0.290 e. The van der Waals surface area contributed by atoms with Gasteiger partial charge in [-0.3, -0.25) is 4.79 Å². The maximum Gasteiger partial charge on any atom is 0.290 e. The molecule has 158 valence electrons. The first-order chi connectivity index (χ1) is 15.1. The number of methoxy groups -OCH3 is 2. The summed E-state index contributed by atoms with van der Waals surface area (Å²) in [6, 6.07) is 15.5. The topological polar surface area (TPSA) is 67.7 Å². The summed E-state index contributed by atoms with van der Waals surface area (Å²) in [4.78, 5) is 19.0. The van der Waals surface area contributed by atoms with Crippen molar-refractivity contribution >= 4 is 16.8 Å². The van der Waals surface area contributed by atoms with Crippen LogP contribution in [0.5, 0.6) is 11.5 Å². The van der Waals surface area contributed by atoms with E-state index in [1.807, 2.05) is 48.2 Å². The number of aryl methyl sites for hydroxylation is 1. The van der Waals surface area contributed by atoms with Gasteiger partial charge in [-0.2, -0.15) is 0 Å². The third-order valence-electron chi connectivity index (χ3n) is 6.08. The lowest BCUT2D eigenvalue weighted by Gasteiger charge is -2.36. The molecule has 1 N–H and O–H groups in total. The number of carbonyl (C=O) groups is 1. The highest BCUT2D eigenvalue weighted by molar-refractivity contribution is 5.94. The number of furan rings is 1. The first kappa shape index (κ1) is 19.3. The number of aromatic amines is 1. The van der Waals surface area contributed by atoms with Crippen molar-refractivity contribution in [3.8, 4) is 11.5 Å². The highest BCUT2D eigenvalue weighted by Gasteiger charge is 2.38. The minimum atomic E-state index is -0.363. The van der Waals surface area contributed by atoms with Crippen LogP contribution in [0.2, 0.25) is 0 Å². The predicted octanol–water partition coefficient (Wildman–Crippen LogP) is 4.87. The van der Waals surface area contributed by atoms with Gasteiger partial charge in [-0.1, -0.05) is 30.3 Å². The van der Waals surface area contributed by atoms with Gasteiger partial charge < -0.3 is 23.8 Å². The quantitative estimate of drug-likeness (QED) is 0.515. The van der Waals surface area contributed by atoms with Gasteiger partial charge in [-0.05, 0) is 37.1 Å². The second kappa shape index (κ2) is 7.54. The van der Waals surface area contributed by atoms with Crippen LogP contribution >= 0.6 is 0 Å². The molecule has 5 rings (SSSR count). The van der Waals surface area contributed by atoms with Gasteiger partial charge in [0.1, 0.15) is 6.04 Å². The van der Waals surface area contributed by atoms with Gasteiger partial charge in [0.05, 0.1) is 20.5 Å². The molecule has 6 heteroatoms. The van der Waals surface area contributed by atoms with E-state index in [1.54, 1.807) is 20.5 Å². The van der Waals surface area contributed by atoms with Gasteiger partial charge in [-0.25, -0.2) is 0 Å². The molecular weight excluding hydrogens is 392 g/mol. The normalized spacial score (nSPS) is 15.7. The molecule has 1 atom stereocenters. The average Bonchev–Trinajstić information content (AvgIpc) is 3.40. The Bertz CT molecular complexity index is 1270. The van der Waals surface area contributed by atoms with Gasteiger partial charge in [0, 0.05) is 34.3 Å². The van der Waals surface area contributed by atoms with E-state index < -0.39 is 0 Å². The van der Waals surface area contributed by atoms with Crippen molar-refractivity contribution in [2.45, 2.75) is 19.4 Å². The number of H-pyrrole nitrogens is 1. The summed E-state index contributed by atoms with van der Waals surface area (Å²) in [5.74, 6) is 1.48. The van der Waals surface area contributed by atoms with E-state index in [0.717, 1.165) is 28.8 Å². The Morgan fingerprint density at radius 2 is 1.94 bits per heavy atom. The van der Waals surface area contributed by atoms with E-state index in [9.17, 15) is 4.79 Å². The van der Waals surface area contributed by atoms with Gasteiger partial charge in [0.25, 0.3) is 5.91 Å². The second-order valence-electron chi connectivity index (χ2n) is 7.73. The highest BCUT2D eigenvalue weighted by atomic mass is 16.5. The minimum absolute atomic E-state index is 0.137. The van der Waals surface area contributed by atoms with E-state index in [-0.39, 0.29) is 11.9 Å². The van der Waals surface area contributed by atoms with Gasteiger partial charge in [0.15, 0.2) is 17.3 Å². The van der Waals surface area contributed by atoms with E-state index in [4.69, 9.17) is 13.9 Å². The third kappa shape index (κ3) is 2.98. The summed E-state index contributed by atoms with van der Waals surface area (Å²) in [7, 11) is 3.24. The zero-order valence-electron chi connectivity index (χ0n) is 17.8. The molecule has 0 saturated carbocycles. The molecule has 2 aromatic heterocycles. The molecule has 0 aliphatic carbocycles. The van der Waals surface area contributed by atoms with Crippen LogP contribution in [-0.2, 0) is 6.42 Å². The number of amides is 1. The van der Waals surface area contributed by atoms with Crippen LogP contribution in [-0.4, -0.2) is 36.6 Å². The number of hydrogen-bond donors (Lipinski definition) is 1. The van der Waals surface area contributed by atoms with Crippen LogP contribution in [0.25, 0.3) is 10.9 Å². The molecule has 31 heavy (non-hydrogen) atoms. The monoisotopic (exact) mass is 416 g/mol. The number of nitrogens with one attached hydrogen (secondary N) is 1. The lowest BCUT2D eigenvalue weighted by Crippen LogP contribution is -2.40. The van der Waals surface area contributed by atoms with E-state index in [1.165, 1.54) is 10.9 Å². The molecule has 0 radical (unpaired) electrons. The van der Waals surface area contributed by atoms with E-state index >= 15 is 0 Å². The number of carbonyl (C=O) groups excluding carboxylic acids is 1. The van der Waals surface area contributed by atoms with Gasteiger partial charge in [0.2, 0.25) is 0 Å². The van der Waals surface area contributed by atoms with Crippen molar-refractivity contribution in [3.63, 3.8) is 0 Å². The van der Waals surface area contributed by atoms with Crippen molar-refractivity contribution in [2.75, 3.05) is 20.8 Å². The van der Waals surface area contributed by atoms with Crippen LogP contribution in [0.3, 0.4) is 0 Å². The molecule has 3 heterocycles. The van der Waals surface area contributed by atoms with Crippen molar-refractivity contribution in [1.29, 1.82) is 0 Å². The molecule has 6 nitrogen and oxygen atoms in total. The van der Waals surface area contributed by atoms with Crippen LogP contribution in [0.1, 0.15) is 39.0 Å². The van der Waals surface area contributed by atoms with Crippen LogP contribution in [0.15, 0.2) is 59.2 Å². The Labute approximate surface area is 180 Å². The molecular formula is C25H24N2O4. The number of para-hydroxylation sites is 2. The number of aromatic nitrogens is 1. The molecule has 0 spiro atoms. The number of fused-ring (bicyclic) bond motifs is 3. The summed E-state index contributed by atoms with van der Waals surface area (Å²) in [6.45, 7) is 2.45. The fourth-order valence-electron chi connectivity index (χ4n) is 4.63. The third-order valence-corrected chi connectivity index (χ3v) is 6.08. The molecule has 1 aliphatic heterocycles. The standard InChI is InChI=1S/C25H24N2O4/c1-15-12-14-31-23(15)25(28)27-13-11-17-16-7-4-5-9-19(16)26-21(17)22(27)18-8-6-10-20(29-2)24(18)30-3/h4-10,12,14,22,26H,11,13H2,1-3H3/t22-/m0/s1. The SMILES string of the molecule is COc1cccc([C@H]2c3[nH]c4ccccc4c3CCN2C(=O)c2occc2C)c1OC. The Morgan fingerprint density at radius 1 is 1.10 bits per heavy atom. The average molecular weight is 416 g/mol. The summed E-state index contributed by atoms with van der Waals surface area (Å²) < 4.78 is 16.9.